The summed E-state index contributed by atoms with van der Waals surface area (Å²) in [5, 5.41) is 3.11. The maximum absolute atomic E-state index is 12.1. The maximum atomic E-state index is 12.1. The lowest BCUT2D eigenvalue weighted by Gasteiger charge is -2.20. The Kier molecular flexibility index (Phi) is 3.52. The van der Waals surface area contributed by atoms with Gasteiger partial charge in [0.05, 0.1) is 17.8 Å². The Labute approximate surface area is 120 Å². The first-order chi connectivity index (χ1) is 9.74. The summed E-state index contributed by atoms with van der Waals surface area (Å²) in [6.45, 7) is 1.22. The molecule has 2 heterocycles. The van der Waals surface area contributed by atoms with Crippen molar-refractivity contribution in [3.63, 3.8) is 0 Å². The van der Waals surface area contributed by atoms with Crippen LogP contribution in [0.1, 0.15) is 16.1 Å². The van der Waals surface area contributed by atoms with Crippen molar-refractivity contribution in [1.29, 1.82) is 0 Å². The zero-order valence-corrected chi connectivity index (χ0v) is 11.3. The van der Waals surface area contributed by atoms with Crippen molar-refractivity contribution >= 4 is 17.5 Å². The molecular formula is C14H12ClNO4. The number of ether oxygens (including phenoxy) is 2. The molecule has 0 radical (unpaired) electrons. The van der Waals surface area contributed by atoms with E-state index in [2.05, 4.69) is 5.32 Å². The second-order valence-electron chi connectivity index (χ2n) is 4.24. The van der Waals surface area contributed by atoms with E-state index in [0.29, 0.717) is 47.6 Å². The lowest BCUT2D eigenvalue weighted by Crippen LogP contribution is -2.23. The standard InChI is InChI=1S/C14H12ClNO4/c15-11-6-9(7-12-13(11)20-5-4-19-12)14(17)16-8-10-2-1-3-18-10/h1-3,6-7H,4-5,8H2,(H,16,17). The van der Waals surface area contributed by atoms with Crippen molar-refractivity contribution in [3.8, 4) is 11.5 Å². The molecule has 1 aliphatic rings. The van der Waals surface area contributed by atoms with Gasteiger partial charge in [-0.05, 0) is 24.3 Å². The zero-order valence-electron chi connectivity index (χ0n) is 10.5. The fraction of sp³-hybridized carbons (Fsp3) is 0.214. The van der Waals surface area contributed by atoms with Gasteiger partial charge in [-0.1, -0.05) is 11.6 Å². The first-order valence-corrected chi connectivity index (χ1v) is 6.51. The van der Waals surface area contributed by atoms with E-state index < -0.39 is 0 Å². The third-order valence-electron chi connectivity index (χ3n) is 2.86. The first kappa shape index (κ1) is 12.9. The quantitative estimate of drug-likeness (QED) is 0.945. The Balaban J connectivity index is 1.76. The fourth-order valence-corrected chi connectivity index (χ4v) is 2.19. The van der Waals surface area contributed by atoms with Crippen LogP contribution in [0.15, 0.2) is 34.9 Å². The smallest absolute Gasteiger partial charge is 0.251 e. The van der Waals surface area contributed by atoms with E-state index in [0.717, 1.165) is 0 Å². The molecule has 1 aliphatic heterocycles. The molecule has 0 fully saturated rings. The van der Waals surface area contributed by atoms with Crippen LogP contribution in [0.4, 0.5) is 0 Å². The van der Waals surface area contributed by atoms with Gasteiger partial charge < -0.3 is 19.2 Å². The van der Waals surface area contributed by atoms with Gasteiger partial charge in [-0.3, -0.25) is 4.79 Å². The minimum absolute atomic E-state index is 0.250. The number of halogens is 1. The number of benzene rings is 1. The minimum Gasteiger partial charge on any atom is -0.486 e. The number of amides is 1. The largest absolute Gasteiger partial charge is 0.486 e. The summed E-state index contributed by atoms with van der Waals surface area (Å²) in [7, 11) is 0. The van der Waals surface area contributed by atoms with Crippen LogP contribution < -0.4 is 14.8 Å². The third kappa shape index (κ3) is 2.58. The van der Waals surface area contributed by atoms with Gasteiger partial charge in [0.2, 0.25) is 0 Å². The Morgan fingerprint density at radius 2 is 2.15 bits per heavy atom. The Hall–Kier alpha value is -2.14. The van der Waals surface area contributed by atoms with Crippen molar-refractivity contribution in [2.24, 2.45) is 0 Å². The van der Waals surface area contributed by atoms with Gasteiger partial charge in [0, 0.05) is 5.56 Å². The van der Waals surface area contributed by atoms with Crippen LogP contribution in [0.3, 0.4) is 0 Å². The molecule has 1 amide bonds. The monoisotopic (exact) mass is 293 g/mol. The van der Waals surface area contributed by atoms with Gasteiger partial charge in [-0.2, -0.15) is 0 Å². The molecule has 2 aromatic rings. The summed E-state index contributed by atoms with van der Waals surface area (Å²) in [5.74, 6) is 1.41. The van der Waals surface area contributed by atoms with Gasteiger partial charge in [-0.25, -0.2) is 0 Å². The predicted molar refractivity (Wildman–Crippen MR) is 72.3 cm³/mol. The zero-order chi connectivity index (χ0) is 13.9. The molecule has 1 aromatic carbocycles. The molecule has 0 spiro atoms. The minimum atomic E-state index is -0.250. The molecule has 20 heavy (non-hydrogen) atoms. The molecule has 104 valence electrons. The molecule has 0 unspecified atom stereocenters. The molecule has 0 aliphatic carbocycles. The van der Waals surface area contributed by atoms with Crippen molar-refractivity contribution in [2.45, 2.75) is 6.54 Å². The average molecular weight is 294 g/mol. The van der Waals surface area contributed by atoms with E-state index in [1.807, 2.05) is 0 Å². The Morgan fingerprint density at radius 1 is 1.30 bits per heavy atom. The highest BCUT2D eigenvalue weighted by atomic mass is 35.5. The van der Waals surface area contributed by atoms with Crippen LogP contribution in [-0.4, -0.2) is 19.1 Å². The van der Waals surface area contributed by atoms with Crippen LogP contribution in [0.2, 0.25) is 5.02 Å². The highest BCUT2D eigenvalue weighted by Crippen LogP contribution is 2.38. The Morgan fingerprint density at radius 3 is 2.95 bits per heavy atom. The van der Waals surface area contributed by atoms with E-state index in [1.165, 1.54) is 0 Å². The van der Waals surface area contributed by atoms with Crippen LogP contribution in [0, 0.1) is 0 Å². The number of furan rings is 1. The van der Waals surface area contributed by atoms with Gasteiger partial charge in [0.1, 0.15) is 19.0 Å². The number of carbonyl (C=O) groups is 1. The van der Waals surface area contributed by atoms with E-state index >= 15 is 0 Å². The van der Waals surface area contributed by atoms with Gasteiger partial charge in [0.15, 0.2) is 11.5 Å². The molecule has 5 nitrogen and oxygen atoms in total. The van der Waals surface area contributed by atoms with Crippen molar-refractivity contribution < 1.29 is 18.7 Å². The second kappa shape index (κ2) is 5.46. The highest BCUT2D eigenvalue weighted by Gasteiger charge is 2.19. The van der Waals surface area contributed by atoms with E-state index in [9.17, 15) is 4.79 Å². The summed E-state index contributed by atoms with van der Waals surface area (Å²) in [6.07, 6.45) is 1.56. The van der Waals surface area contributed by atoms with Crippen LogP contribution >= 0.6 is 11.6 Å². The van der Waals surface area contributed by atoms with E-state index in [-0.39, 0.29) is 5.91 Å². The van der Waals surface area contributed by atoms with Crippen LogP contribution in [0.5, 0.6) is 11.5 Å². The molecule has 0 atom stereocenters. The molecule has 3 rings (SSSR count). The van der Waals surface area contributed by atoms with Crippen molar-refractivity contribution in [1.82, 2.24) is 5.32 Å². The summed E-state index contributed by atoms with van der Waals surface area (Å²) in [4.78, 5) is 12.1. The average Bonchev–Trinajstić information content (AvgIpc) is 2.98. The summed E-state index contributed by atoms with van der Waals surface area (Å²) in [5.41, 5.74) is 0.422. The number of fused-ring (bicyclic) bond motifs is 1. The number of hydrogen-bond acceptors (Lipinski definition) is 4. The Bertz CT molecular complexity index is 624. The van der Waals surface area contributed by atoms with E-state index in [4.69, 9.17) is 25.5 Å². The number of hydrogen-bond donors (Lipinski definition) is 1. The van der Waals surface area contributed by atoms with Gasteiger partial charge >= 0.3 is 0 Å². The van der Waals surface area contributed by atoms with Crippen molar-refractivity contribution in [3.05, 3.63) is 46.9 Å². The number of rotatable bonds is 3. The third-order valence-corrected chi connectivity index (χ3v) is 3.14. The predicted octanol–water partition coefficient (Wildman–Crippen LogP) is 2.63. The maximum Gasteiger partial charge on any atom is 0.251 e. The van der Waals surface area contributed by atoms with Gasteiger partial charge in [-0.15, -0.1) is 0 Å². The fourth-order valence-electron chi connectivity index (χ4n) is 1.92. The lowest BCUT2D eigenvalue weighted by atomic mass is 10.1. The van der Waals surface area contributed by atoms with E-state index in [1.54, 1.807) is 30.5 Å². The van der Waals surface area contributed by atoms with Crippen molar-refractivity contribution in [2.75, 3.05) is 13.2 Å². The molecule has 1 N–H and O–H groups in total. The molecule has 1 aromatic heterocycles. The SMILES string of the molecule is O=C(NCc1ccco1)c1cc(Cl)c2c(c1)OCCO2. The summed E-state index contributed by atoms with van der Waals surface area (Å²) in [6, 6.07) is 6.74. The highest BCUT2D eigenvalue weighted by molar-refractivity contribution is 6.32. The molecule has 6 heteroatoms. The van der Waals surface area contributed by atoms with Gasteiger partial charge in [0.25, 0.3) is 5.91 Å². The second-order valence-corrected chi connectivity index (χ2v) is 4.65. The first-order valence-electron chi connectivity index (χ1n) is 6.14. The molecule has 0 bridgehead atoms. The number of nitrogens with one attached hydrogen (secondary N) is 1. The summed E-state index contributed by atoms with van der Waals surface area (Å²) < 4.78 is 16.0. The molecule has 0 saturated heterocycles. The van der Waals surface area contributed by atoms with Crippen LogP contribution in [-0.2, 0) is 6.54 Å². The van der Waals surface area contributed by atoms with Crippen LogP contribution in [0.25, 0.3) is 0 Å². The topological polar surface area (TPSA) is 60.7 Å². The molecule has 0 saturated carbocycles. The lowest BCUT2D eigenvalue weighted by molar-refractivity contribution is 0.0947. The molecular weight excluding hydrogens is 282 g/mol. The summed E-state index contributed by atoms with van der Waals surface area (Å²) >= 11 is 6.09. The number of carbonyl (C=O) groups excluding carboxylic acids is 1. The normalized spacial score (nSPS) is 13.1.